The normalized spacial score (nSPS) is 10.4. The van der Waals surface area contributed by atoms with Crippen molar-refractivity contribution in [1.82, 2.24) is 15.0 Å². The molecule has 0 radical (unpaired) electrons. The van der Waals surface area contributed by atoms with Crippen molar-refractivity contribution in [2.24, 2.45) is 0 Å². The number of hydrogen-bond acceptors (Lipinski definition) is 4. The highest BCUT2D eigenvalue weighted by molar-refractivity contribution is 5.27. The van der Waals surface area contributed by atoms with Gasteiger partial charge in [0, 0.05) is 30.7 Å². The first-order chi connectivity index (χ1) is 9.28. The van der Waals surface area contributed by atoms with Crippen LogP contribution in [0, 0.1) is 0 Å². The van der Waals surface area contributed by atoms with Gasteiger partial charge in [-0.2, -0.15) is 0 Å². The van der Waals surface area contributed by atoms with E-state index in [2.05, 4.69) is 27.2 Å². The Kier molecular flexibility index (Phi) is 4.66. The second-order valence-electron chi connectivity index (χ2n) is 4.40. The molecule has 2 aromatic heterocycles. The summed E-state index contributed by atoms with van der Waals surface area (Å²) in [5.74, 6) is 0.516. The van der Waals surface area contributed by atoms with Crippen molar-refractivity contribution in [3.05, 3.63) is 52.2 Å². The summed E-state index contributed by atoms with van der Waals surface area (Å²) in [6, 6.07) is 5.41. The van der Waals surface area contributed by atoms with Crippen molar-refractivity contribution in [3.63, 3.8) is 0 Å². The van der Waals surface area contributed by atoms with Gasteiger partial charge in [0.1, 0.15) is 0 Å². The van der Waals surface area contributed by atoms with Gasteiger partial charge in [-0.3, -0.25) is 14.8 Å². The maximum atomic E-state index is 11.5. The van der Waals surface area contributed by atoms with Crippen LogP contribution in [-0.2, 0) is 13.0 Å². The van der Waals surface area contributed by atoms with Crippen molar-refractivity contribution in [2.75, 3.05) is 5.32 Å². The molecule has 2 aromatic rings. The molecule has 19 heavy (non-hydrogen) atoms. The summed E-state index contributed by atoms with van der Waals surface area (Å²) in [6.45, 7) is 2.71. The van der Waals surface area contributed by atoms with E-state index in [0.717, 1.165) is 30.5 Å². The second-order valence-corrected chi connectivity index (χ2v) is 4.40. The van der Waals surface area contributed by atoms with Gasteiger partial charge in [-0.25, -0.2) is 4.98 Å². The fraction of sp³-hybridized carbons (Fsp3) is 0.357. The molecule has 2 heterocycles. The summed E-state index contributed by atoms with van der Waals surface area (Å²) in [6.07, 6.45) is 6.48. The van der Waals surface area contributed by atoms with Crippen molar-refractivity contribution in [2.45, 2.75) is 32.7 Å². The van der Waals surface area contributed by atoms with Crippen LogP contribution in [-0.4, -0.2) is 15.0 Å². The minimum atomic E-state index is -0.116. The van der Waals surface area contributed by atoms with Crippen molar-refractivity contribution in [1.29, 1.82) is 0 Å². The Hall–Kier alpha value is -2.17. The first-order valence-corrected chi connectivity index (χ1v) is 6.51. The average Bonchev–Trinajstić information content (AvgIpc) is 2.43. The van der Waals surface area contributed by atoms with E-state index in [-0.39, 0.29) is 5.56 Å². The molecule has 2 rings (SSSR count). The molecular weight excluding hydrogens is 240 g/mol. The summed E-state index contributed by atoms with van der Waals surface area (Å²) >= 11 is 0. The van der Waals surface area contributed by atoms with Crippen molar-refractivity contribution < 1.29 is 0 Å². The molecule has 0 saturated heterocycles. The summed E-state index contributed by atoms with van der Waals surface area (Å²) in [4.78, 5) is 22.7. The van der Waals surface area contributed by atoms with Gasteiger partial charge in [0.25, 0.3) is 5.56 Å². The summed E-state index contributed by atoms with van der Waals surface area (Å²) < 4.78 is 0. The molecule has 0 aliphatic carbocycles. The lowest BCUT2D eigenvalue weighted by Gasteiger charge is -2.06. The van der Waals surface area contributed by atoms with Gasteiger partial charge in [0.2, 0.25) is 5.95 Å². The lowest BCUT2D eigenvalue weighted by Crippen LogP contribution is -2.14. The molecule has 0 bridgehead atoms. The van der Waals surface area contributed by atoms with Gasteiger partial charge in [-0.15, -0.1) is 0 Å². The number of H-pyrrole nitrogens is 1. The fourth-order valence-electron chi connectivity index (χ4n) is 1.77. The summed E-state index contributed by atoms with van der Waals surface area (Å²) in [7, 11) is 0. The maximum Gasteiger partial charge on any atom is 0.252 e. The van der Waals surface area contributed by atoms with Crippen LogP contribution in [0.3, 0.4) is 0 Å². The number of pyridine rings is 1. The zero-order valence-electron chi connectivity index (χ0n) is 11.0. The standard InChI is InChI=1S/C14H18N4O/c1-2-3-6-12-8-13(19)18-14(17-12)16-10-11-5-4-7-15-9-11/h4-5,7-9H,2-3,6,10H2,1H3,(H2,16,17,18,19). The maximum absolute atomic E-state index is 11.5. The van der Waals surface area contributed by atoms with Gasteiger partial charge in [0.15, 0.2) is 0 Å². The highest BCUT2D eigenvalue weighted by atomic mass is 16.1. The Morgan fingerprint density at radius 2 is 2.32 bits per heavy atom. The molecule has 0 atom stereocenters. The molecule has 0 unspecified atom stereocenters. The summed E-state index contributed by atoms with van der Waals surface area (Å²) in [5.41, 5.74) is 1.76. The lowest BCUT2D eigenvalue weighted by molar-refractivity contribution is 0.771. The Labute approximate surface area is 112 Å². The fourth-order valence-corrected chi connectivity index (χ4v) is 1.77. The van der Waals surface area contributed by atoms with Crippen LogP contribution >= 0.6 is 0 Å². The first-order valence-electron chi connectivity index (χ1n) is 6.51. The highest BCUT2D eigenvalue weighted by Gasteiger charge is 2.01. The average molecular weight is 258 g/mol. The number of nitrogens with one attached hydrogen (secondary N) is 2. The SMILES string of the molecule is CCCCc1cc(=O)[nH]c(NCc2cccnc2)n1. The topological polar surface area (TPSA) is 70.7 Å². The Morgan fingerprint density at radius 3 is 3.05 bits per heavy atom. The Morgan fingerprint density at radius 1 is 1.42 bits per heavy atom. The molecule has 0 spiro atoms. The largest absolute Gasteiger partial charge is 0.352 e. The monoisotopic (exact) mass is 258 g/mol. The third-order valence-corrected chi connectivity index (χ3v) is 2.76. The van der Waals surface area contributed by atoms with Gasteiger partial charge in [0.05, 0.1) is 0 Å². The van der Waals surface area contributed by atoms with E-state index in [0.29, 0.717) is 12.5 Å². The minimum absolute atomic E-state index is 0.116. The minimum Gasteiger partial charge on any atom is -0.352 e. The molecule has 5 nitrogen and oxygen atoms in total. The van der Waals surface area contributed by atoms with Crippen LogP contribution in [0.25, 0.3) is 0 Å². The number of unbranched alkanes of at least 4 members (excludes halogenated alkanes) is 1. The summed E-state index contributed by atoms with van der Waals surface area (Å²) in [5, 5.41) is 3.11. The third-order valence-electron chi connectivity index (χ3n) is 2.76. The zero-order valence-corrected chi connectivity index (χ0v) is 11.0. The molecule has 2 N–H and O–H groups in total. The van der Waals surface area contributed by atoms with E-state index < -0.39 is 0 Å². The molecule has 5 heteroatoms. The Bertz CT molecular complexity index is 565. The van der Waals surface area contributed by atoms with E-state index in [1.165, 1.54) is 0 Å². The smallest absolute Gasteiger partial charge is 0.252 e. The molecule has 0 aliphatic rings. The van der Waals surface area contributed by atoms with Gasteiger partial charge in [-0.05, 0) is 24.5 Å². The predicted octanol–water partition coefficient (Wildman–Crippen LogP) is 2.12. The molecular formula is C14H18N4O. The molecule has 0 aliphatic heterocycles. The molecule has 0 amide bonds. The number of rotatable bonds is 6. The van der Waals surface area contributed by atoms with Gasteiger partial charge >= 0.3 is 0 Å². The number of anilines is 1. The number of aromatic amines is 1. The van der Waals surface area contributed by atoms with Crippen molar-refractivity contribution >= 4 is 5.95 Å². The second kappa shape index (κ2) is 6.68. The number of aryl methyl sites for hydroxylation is 1. The first kappa shape index (κ1) is 13.3. The lowest BCUT2D eigenvalue weighted by atomic mass is 10.2. The number of aromatic nitrogens is 3. The van der Waals surface area contributed by atoms with Crippen LogP contribution in [0.15, 0.2) is 35.4 Å². The molecule has 0 aromatic carbocycles. The van der Waals surface area contributed by atoms with Crippen LogP contribution in [0.5, 0.6) is 0 Å². The number of hydrogen-bond donors (Lipinski definition) is 2. The Balaban J connectivity index is 2.03. The van der Waals surface area contributed by atoms with Crippen molar-refractivity contribution in [3.8, 4) is 0 Å². The van der Waals surface area contributed by atoms with E-state index in [1.807, 2.05) is 12.1 Å². The molecule has 0 saturated carbocycles. The molecule has 100 valence electrons. The van der Waals surface area contributed by atoms with E-state index in [1.54, 1.807) is 18.5 Å². The third kappa shape index (κ3) is 4.21. The van der Waals surface area contributed by atoms with E-state index >= 15 is 0 Å². The predicted molar refractivity (Wildman–Crippen MR) is 75.0 cm³/mol. The highest BCUT2D eigenvalue weighted by Crippen LogP contribution is 2.04. The van der Waals surface area contributed by atoms with Gasteiger partial charge < -0.3 is 5.32 Å². The van der Waals surface area contributed by atoms with E-state index in [9.17, 15) is 4.79 Å². The van der Waals surface area contributed by atoms with E-state index in [4.69, 9.17) is 0 Å². The van der Waals surface area contributed by atoms with Crippen LogP contribution < -0.4 is 10.9 Å². The van der Waals surface area contributed by atoms with Gasteiger partial charge in [-0.1, -0.05) is 19.4 Å². The van der Waals surface area contributed by atoms with Crippen LogP contribution in [0.1, 0.15) is 31.0 Å². The molecule has 0 fully saturated rings. The number of nitrogens with zero attached hydrogens (tertiary/aromatic N) is 2. The van der Waals surface area contributed by atoms with Crippen LogP contribution in [0.2, 0.25) is 0 Å². The van der Waals surface area contributed by atoms with Crippen LogP contribution in [0.4, 0.5) is 5.95 Å². The zero-order chi connectivity index (χ0) is 13.5. The quantitative estimate of drug-likeness (QED) is 0.832.